The van der Waals surface area contributed by atoms with Gasteiger partial charge in [0.25, 0.3) is 5.91 Å². The van der Waals surface area contributed by atoms with Crippen molar-refractivity contribution in [3.05, 3.63) is 92.8 Å². The zero-order chi connectivity index (χ0) is 25.2. The van der Waals surface area contributed by atoms with Gasteiger partial charge in [-0.3, -0.25) is 9.69 Å². The summed E-state index contributed by atoms with van der Waals surface area (Å²) in [4.78, 5) is 15.0. The van der Waals surface area contributed by atoms with Gasteiger partial charge in [-0.15, -0.1) is 0 Å². The molecule has 1 amide bonds. The van der Waals surface area contributed by atoms with Crippen LogP contribution in [-0.2, 0) is 21.5 Å². The van der Waals surface area contributed by atoms with Gasteiger partial charge in [-0.1, -0.05) is 72.0 Å². The fraction of sp³-hybridized carbons (Fsp3) is 0.120. The smallest absolute Gasteiger partial charge is 0.339 e. The van der Waals surface area contributed by atoms with Crippen LogP contribution in [0.3, 0.4) is 0 Å². The lowest BCUT2D eigenvalue weighted by molar-refractivity contribution is -0.122. The second-order valence-electron chi connectivity index (χ2n) is 7.64. The Morgan fingerprint density at radius 1 is 1.09 bits per heavy atom. The molecule has 0 atom stereocenters. The molecular formula is C25H20BrNO5S3. The summed E-state index contributed by atoms with van der Waals surface area (Å²) in [5.41, 5.74) is 2.53. The second-order valence-corrected chi connectivity index (χ2v) is 11.7. The third-order valence-corrected chi connectivity index (χ3v) is 8.31. The topological polar surface area (TPSA) is 72.9 Å². The average Bonchev–Trinajstić information content (AvgIpc) is 3.08. The predicted molar refractivity (Wildman–Crippen MR) is 145 cm³/mol. The molecule has 180 valence electrons. The molecule has 0 saturated carbocycles. The minimum atomic E-state index is -4.08. The van der Waals surface area contributed by atoms with Crippen molar-refractivity contribution in [2.45, 2.75) is 18.4 Å². The molecule has 0 bridgehead atoms. The molecule has 35 heavy (non-hydrogen) atoms. The Kier molecular flexibility index (Phi) is 7.65. The van der Waals surface area contributed by atoms with E-state index in [0.29, 0.717) is 25.8 Å². The van der Waals surface area contributed by atoms with Gasteiger partial charge in [0, 0.05) is 0 Å². The molecule has 1 aliphatic heterocycles. The largest absolute Gasteiger partial charge is 0.493 e. The van der Waals surface area contributed by atoms with Crippen molar-refractivity contribution in [3.8, 4) is 11.5 Å². The highest BCUT2D eigenvalue weighted by Gasteiger charge is 2.32. The number of carbonyl (C=O) groups is 1. The fourth-order valence-corrected chi connectivity index (χ4v) is 6.18. The van der Waals surface area contributed by atoms with Crippen LogP contribution in [0.2, 0.25) is 0 Å². The first-order valence-corrected chi connectivity index (χ1v) is 13.8. The van der Waals surface area contributed by atoms with Crippen LogP contribution in [0.5, 0.6) is 11.5 Å². The summed E-state index contributed by atoms with van der Waals surface area (Å²) in [5.74, 6) is 0.0177. The summed E-state index contributed by atoms with van der Waals surface area (Å²) in [6, 6.07) is 19.2. The van der Waals surface area contributed by atoms with E-state index in [-0.39, 0.29) is 22.3 Å². The Morgan fingerprint density at radius 2 is 1.77 bits per heavy atom. The Bertz CT molecular complexity index is 1420. The molecule has 0 aromatic heterocycles. The predicted octanol–water partition coefficient (Wildman–Crippen LogP) is 5.94. The highest BCUT2D eigenvalue weighted by Crippen LogP contribution is 2.40. The number of methoxy groups -OCH3 is 1. The van der Waals surface area contributed by atoms with Gasteiger partial charge >= 0.3 is 10.1 Å². The quantitative estimate of drug-likeness (QED) is 0.192. The monoisotopic (exact) mass is 589 g/mol. The minimum Gasteiger partial charge on any atom is -0.493 e. The van der Waals surface area contributed by atoms with E-state index < -0.39 is 10.1 Å². The normalized spacial score (nSPS) is 15.1. The third kappa shape index (κ3) is 5.78. The molecule has 0 aliphatic carbocycles. The van der Waals surface area contributed by atoms with Gasteiger partial charge in [0.2, 0.25) is 0 Å². The number of hydrogen-bond acceptors (Lipinski definition) is 7. The molecule has 1 saturated heterocycles. The summed E-state index contributed by atoms with van der Waals surface area (Å²) in [6.07, 6.45) is 1.69. The zero-order valence-electron chi connectivity index (χ0n) is 18.7. The van der Waals surface area contributed by atoms with Crippen LogP contribution < -0.4 is 8.92 Å². The van der Waals surface area contributed by atoms with E-state index in [1.807, 2.05) is 37.3 Å². The maximum absolute atomic E-state index is 13.0. The van der Waals surface area contributed by atoms with E-state index in [4.69, 9.17) is 21.1 Å². The maximum atomic E-state index is 13.0. The number of thioether (sulfide) groups is 1. The number of rotatable bonds is 7. The molecule has 3 aromatic carbocycles. The zero-order valence-corrected chi connectivity index (χ0v) is 22.8. The molecule has 4 rings (SSSR count). The fourth-order valence-electron chi connectivity index (χ4n) is 3.32. The first kappa shape index (κ1) is 25.4. The van der Waals surface area contributed by atoms with Crippen LogP contribution >= 0.6 is 39.9 Å². The lowest BCUT2D eigenvalue weighted by Gasteiger charge is -2.14. The van der Waals surface area contributed by atoms with Gasteiger partial charge in [-0.05, 0) is 64.3 Å². The molecule has 0 radical (unpaired) electrons. The van der Waals surface area contributed by atoms with E-state index in [1.54, 1.807) is 35.2 Å². The summed E-state index contributed by atoms with van der Waals surface area (Å²) in [7, 11) is -2.67. The minimum absolute atomic E-state index is 0.0156. The maximum Gasteiger partial charge on any atom is 0.339 e. The number of carbonyl (C=O) groups excluding carboxylic acids is 1. The van der Waals surface area contributed by atoms with Gasteiger partial charge in [0.05, 0.1) is 23.0 Å². The van der Waals surface area contributed by atoms with Gasteiger partial charge < -0.3 is 8.92 Å². The van der Waals surface area contributed by atoms with Crippen LogP contribution in [0.15, 0.2) is 81.0 Å². The molecule has 1 fully saturated rings. The number of hydrogen-bond donors (Lipinski definition) is 0. The van der Waals surface area contributed by atoms with Gasteiger partial charge in [-0.25, -0.2) is 0 Å². The molecule has 0 spiro atoms. The van der Waals surface area contributed by atoms with Gasteiger partial charge in [-0.2, -0.15) is 8.42 Å². The molecule has 10 heteroatoms. The van der Waals surface area contributed by atoms with Crippen molar-refractivity contribution in [3.63, 3.8) is 0 Å². The van der Waals surface area contributed by atoms with Gasteiger partial charge in [0.1, 0.15) is 9.22 Å². The molecular weight excluding hydrogens is 570 g/mol. The number of nitrogens with zero attached hydrogens (tertiary/aromatic N) is 1. The lowest BCUT2D eigenvalue weighted by atomic mass is 10.1. The Balaban J connectivity index is 1.60. The van der Waals surface area contributed by atoms with Crippen molar-refractivity contribution >= 4 is 66.3 Å². The molecule has 3 aromatic rings. The third-order valence-electron chi connectivity index (χ3n) is 5.11. The number of benzene rings is 3. The standard InChI is InChI=1S/C25H20BrNO5S3/c1-16-8-10-19(11-9-16)35(29,30)32-23-20(26)12-18(13-21(23)31-2)14-22-24(28)27(25(33)34-22)15-17-6-4-3-5-7-17/h3-14H,15H2,1-2H3/b22-14+. The van der Waals surface area contributed by atoms with Crippen LogP contribution in [0, 0.1) is 6.92 Å². The molecule has 1 aliphatic rings. The van der Waals surface area contributed by atoms with E-state index in [0.717, 1.165) is 11.1 Å². The lowest BCUT2D eigenvalue weighted by Crippen LogP contribution is -2.27. The summed E-state index contributed by atoms with van der Waals surface area (Å²) >= 11 is 10.0. The molecule has 0 unspecified atom stereocenters. The highest BCUT2D eigenvalue weighted by atomic mass is 79.9. The number of halogens is 1. The number of ether oxygens (including phenoxy) is 1. The second kappa shape index (κ2) is 10.5. The van der Waals surface area contributed by atoms with Crippen LogP contribution in [0.25, 0.3) is 6.08 Å². The highest BCUT2D eigenvalue weighted by molar-refractivity contribution is 9.10. The van der Waals surface area contributed by atoms with Crippen LogP contribution in [0.1, 0.15) is 16.7 Å². The van der Waals surface area contributed by atoms with Crippen molar-refractivity contribution in [1.82, 2.24) is 4.90 Å². The summed E-state index contributed by atoms with van der Waals surface area (Å²) in [5, 5.41) is 0. The summed E-state index contributed by atoms with van der Waals surface area (Å²) in [6.45, 7) is 2.25. The van der Waals surface area contributed by atoms with Crippen LogP contribution in [-0.4, -0.2) is 30.7 Å². The average molecular weight is 591 g/mol. The van der Waals surface area contributed by atoms with Gasteiger partial charge in [0.15, 0.2) is 11.5 Å². The van der Waals surface area contributed by atoms with Crippen molar-refractivity contribution in [2.75, 3.05) is 7.11 Å². The van der Waals surface area contributed by atoms with Crippen molar-refractivity contribution in [1.29, 1.82) is 0 Å². The Morgan fingerprint density at radius 3 is 2.43 bits per heavy atom. The van der Waals surface area contributed by atoms with E-state index in [1.165, 1.54) is 31.0 Å². The molecule has 1 heterocycles. The van der Waals surface area contributed by atoms with Crippen molar-refractivity contribution < 1.29 is 22.1 Å². The Hall–Kier alpha value is -2.66. The summed E-state index contributed by atoms with van der Waals surface area (Å²) < 4.78 is 37.2. The van der Waals surface area contributed by atoms with Crippen molar-refractivity contribution in [2.24, 2.45) is 0 Å². The molecule has 0 N–H and O–H groups in total. The van der Waals surface area contributed by atoms with E-state index in [9.17, 15) is 13.2 Å². The van der Waals surface area contributed by atoms with E-state index in [2.05, 4.69) is 15.9 Å². The molecule has 6 nitrogen and oxygen atoms in total. The first-order chi connectivity index (χ1) is 16.7. The van der Waals surface area contributed by atoms with E-state index >= 15 is 0 Å². The SMILES string of the molecule is COc1cc(/C=C2/SC(=S)N(Cc3ccccc3)C2=O)cc(Br)c1OS(=O)(=O)c1ccc(C)cc1. The Labute approximate surface area is 222 Å². The first-order valence-electron chi connectivity index (χ1n) is 10.4. The van der Waals surface area contributed by atoms with Crippen LogP contribution in [0.4, 0.5) is 0 Å². The number of thiocarbonyl (C=S) groups is 1. The number of aryl methyl sites for hydroxylation is 1. The number of amides is 1.